The van der Waals surface area contributed by atoms with Crippen molar-refractivity contribution in [1.29, 1.82) is 0 Å². The molecular formula is C14H21N3O2. The summed E-state index contributed by atoms with van der Waals surface area (Å²) in [6.45, 7) is 6.07. The van der Waals surface area contributed by atoms with Crippen LogP contribution in [0, 0.1) is 0 Å². The highest BCUT2D eigenvalue weighted by Crippen LogP contribution is 2.03. The van der Waals surface area contributed by atoms with E-state index in [-0.39, 0.29) is 23.9 Å². The summed E-state index contributed by atoms with van der Waals surface area (Å²) >= 11 is 0. The standard InChI is InChI=1S/C14H21N3O2/c1-14(2,3)17-12(18)9-16-13(19)11-6-4-10(8-15)5-7-11/h4-7H,8-9,15H2,1-3H3,(H,16,19)(H,17,18). The van der Waals surface area contributed by atoms with E-state index in [1.807, 2.05) is 20.8 Å². The zero-order chi connectivity index (χ0) is 14.5. The van der Waals surface area contributed by atoms with Crippen molar-refractivity contribution in [3.8, 4) is 0 Å². The molecule has 2 amide bonds. The van der Waals surface area contributed by atoms with Crippen LogP contribution in [0.25, 0.3) is 0 Å². The molecule has 0 aromatic heterocycles. The van der Waals surface area contributed by atoms with E-state index in [0.29, 0.717) is 12.1 Å². The number of nitrogens with one attached hydrogen (secondary N) is 2. The number of carbonyl (C=O) groups is 2. The minimum absolute atomic E-state index is 0.0330. The molecule has 1 aromatic rings. The molecule has 0 heterocycles. The van der Waals surface area contributed by atoms with Gasteiger partial charge in [-0.15, -0.1) is 0 Å². The van der Waals surface area contributed by atoms with Gasteiger partial charge in [0.15, 0.2) is 0 Å². The smallest absolute Gasteiger partial charge is 0.251 e. The van der Waals surface area contributed by atoms with Gasteiger partial charge in [0.2, 0.25) is 5.91 Å². The first-order valence-electron chi connectivity index (χ1n) is 6.20. The maximum atomic E-state index is 11.8. The molecule has 0 atom stereocenters. The first-order valence-corrected chi connectivity index (χ1v) is 6.20. The van der Waals surface area contributed by atoms with E-state index in [2.05, 4.69) is 10.6 Å². The van der Waals surface area contributed by atoms with E-state index in [4.69, 9.17) is 5.73 Å². The van der Waals surface area contributed by atoms with Gasteiger partial charge >= 0.3 is 0 Å². The number of nitrogens with two attached hydrogens (primary N) is 1. The van der Waals surface area contributed by atoms with Gasteiger partial charge in [0.25, 0.3) is 5.91 Å². The van der Waals surface area contributed by atoms with Crippen LogP contribution in [-0.2, 0) is 11.3 Å². The third-order valence-corrected chi connectivity index (χ3v) is 2.38. The summed E-state index contributed by atoms with van der Waals surface area (Å²) < 4.78 is 0. The van der Waals surface area contributed by atoms with Gasteiger partial charge in [0.1, 0.15) is 0 Å². The van der Waals surface area contributed by atoms with Crippen LogP contribution in [0.3, 0.4) is 0 Å². The summed E-state index contributed by atoms with van der Waals surface area (Å²) in [4.78, 5) is 23.3. The van der Waals surface area contributed by atoms with E-state index in [1.54, 1.807) is 24.3 Å². The number of benzene rings is 1. The van der Waals surface area contributed by atoms with Crippen LogP contribution in [0.4, 0.5) is 0 Å². The van der Waals surface area contributed by atoms with Gasteiger partial charge in [-0.3, -0.25) is 9.59 Å². The number of rotatable bonds is 4. The van der Waals surface area contributed by atoms with Crippen molar-refractivity contribution < 1.29 is 9.59 Å². The Morgan fingerprint density at radius 1 is 1.16 bits per heavy atom. The quantitative estimate of drug-likeness (QED) is 0.751. The molecule has 0 saturated carbocycles. The molecule has 5 nitrogen and oxygen atoms in total. The molecule has 0 aliphatic rings. The molecule has 0 unspecified atom stereocenters. The molecule has 0 fully saturated rings. The summed E-state index contributed by atoms with van der Waals surface area (Å²) in [7, 11) is 0. The lowest BCUT2D eigenvalue weighted by Crippen LogP contribution is -2.45. The molecule has 104 valence electrons. The van der Waals surface area contributed by atoms with Crippen molar-refractivity contribution in [1.82, 2.24) is 10.6 Å². The van der Waals surface area contributed by atoms with Gasteiger partial charge in [0, 0.05) is 17.6 Å². The summed E-state index contributed by atoms with van der Waals surface area (Å²) in [5.41, 5.74) is 6.65. The normalized spacial score (nSPS) is 10.9. The van der Waals surface area contributed by atoms with Gasteiger partial charge < -0.3 is 16.4 Å². The van der Waals surface area contributed by atoms with Crippen LogP contribution in [0.15, 0.2) is 24.3 Å². The molecule has 0 spiro atoms. The SMILES string of the molecule is CC(C)(C)NC(=O)CNC(=O)c1ccc(CN)cc1. The van der Waals surface area contributed by atoms with Crippen LogP contribution in [0.2, 0.25) is 0 Å². The second-order valence-electron chi connectivity index (χ2n) is 5.38. The third kappa shape index (κ3) is 5.52. The molecule has 0 saturated heterocycles. The van der Waals surface area contributed by atoms with Gasteiger partial charge in [-0.1, -0.05) is 12.1 Å². The molecule has 0 aliphatic carbocycles. The molecule has 1 aromatic carbocycles. The summed E-state index contributed by atoms with van der Waals surface area (Å²) in [5, 5.41) is 5.35. The van der Waals surface area contributed by atoms with E-state index in [1.165, 1.54) is 0 Å². The zero-order valence-electron chi connectivity index (χ0n) is 11.6. The van der Waals surface area contributed by atoms with Crippen LogP contribution >= 0.6 is 0 Å². The molecule has 0 bridgehead atoms. The lowest BCUT2D eigenvalue weighted by atomic mass is 10.1. The van der Waals surface area contributed by atoms with Gasteiger partial charge in [-0.2, -0.15) is 0 Å². The van der Waals surface area contributed by atoms with Crippen molar-refractivity contribution in [3.05, 3.63) is 35.4 Å². The van der Waals surface area contributed by atoms with Gasteiger partial charge in [-0.05, 0) is 38.5 Å². The lowest BCUT2D eigenvalue weighted by molar-refractivity contribution is -0.121. The Morgan fingerprint density at radius 3 is 2.21 bits per heavy atom. The molecular weight excluding hydrogens is 242 g/mol. The summed E-state index contributed by atoms with van der Waals surface area (Å²) in [6.07, 6.45) is 0. The van der Waals surface area contributed by atoms with Crippen molar-refractivity contribution >= 4 is 11.8 Å². The van der Waals surface area contributed by atoms with Gasteiger partial charge in [-0.25, -0.2) is 0 Å². The Morgan fingerprint density at radius 2 is 1.74 bits per heavy atom. The van der Waals surface area contributed by atoms with Crippen molar-refractivity contribution in [2.75, 3.05) is 6.54 Å². The van der Waals surface area contributed by atoms with Crippen molar-refractivity contribution in [2.24, 2.45) is 5.73 Å². The number of hydrogen-bond acceptors (Lipinski definition) is 3. The van der Waals surface area contributed by atoms with Crippen LogP contribution < -0.4 is 16.4 Å². The summed E-state index contributed by atoms with van der Waals surface area (Å²) in [5.74, 6) is -0.480. The first kappa shape index (κ1) is 15.2. The highest BCUT2D eigenvalue weighted by molar-refractivity contribution is 5.96. The number of carbonyl (C=O) groups excluding carboxylic acids is 2. The molecule has 5 heteroatoms. The molecule has 19 heavy (non-hydrogen) atoms. The second kappa shape index (κ2) is 6.33. The fourth-order valence-electron chi connectivity index (χ4n) is 1.52. The molecule has 0 aliphatic heterocycles. The number of hydrogen-bond donors (Lipinski definition) is 3. The highest BCUT2D eigenvalue weighted by Gasteiger charge is 2.14. The van der Waals surface area contributed by atoms with E-state index < -0.39 is 0 Å². The van der Waals surface area contributed by atoms with Gasteiger partial charge in [0.05, 0.1) is 6.54 Å². The molecule has 1 rings (SSSR count). The Labute approximate surface area is 113 Å². The van der Waals surface area contributed by atoms with E-state index in [0.717, 1.165) is 5.56 Å². The minimum Gasteiger partial charge on any atom is -0.350 e. The maximum absolute atomic E-state index is 11.8. The molecule has 0 radical (unpaired) electrons. The van der Waals surface area contributed by atoms with Crippen molar-refractivity contribution in [2.45, 2.75) is 32.9 Å². The predicted molar refractivity (Wildman–Crippen MR) is 74.6 cm³/mol. The Kier molecular flexibility index (Phi) is 5.06. The highest BCUT2D eigenvalue weighted by atomic mass is 16.2. The fourth-order valence-corrected chi connectivity index (χ4v) is 1.52. The maximum Gasteiger partial charge on any atom is 0.251 e. The zero-order valence-corrected chi connectivity index (χ0v) is 11.6. The average Bonchev–Trinajstić information content (AvgIpc) is 2.34. The minimum atomic E-state index is -0.301. The van der Waals surface area contributed by atoms with Crippen LogP contribution in [0.1, 0.15) is 36.7 Å². The van der Waals surface area contributed by atoms with Crippen molar-refractivity contribution in [3.63, 3.8) is 0 Å². The molecule has 4 N–H and O–H groups in total. The van der Waals surface area contributed by atoms with E-state index in [9.17, 15) is 9.59 Å². The first-order chi connectivity index (χ1) is 8.81. The second-order valence-corrected chi connectivity index (χ2v) is 5.38. The lowest BCUT2D eigenvalue weighted by Gasteiger charge is -2.20. The monoisotopic (exact) mass is 263 g/mol. The Hall–Kier alpha value is -1.88. The van der Waals surface area contributed by atoms with Crippen LogP contribution in [-0.4, -0.2) is 23.9 Å². The Balaban J connectivity index is 2.49. The predicted octanol–water partition coefficient (Wildman–Crippen LogP) is 0.790. The topological polar surface area (TPSA) is 84.2 Å². The largest absolute Gasteiger partial charge is 0.350 e. The number of amides is 2. The van der Waals surface area contributed by atoms with E-state index >= 15 is 0 Å². The van der Waals surface area contributed by atoms with Crippen LogP contribution in [0.5, 0.6) is 0 Å². The fraction of sp³-hybridized carbons (Fsp3) is 0.429. The average molecular weight is 263 g/mol. The Bertz CT molecular complexity index is 447. The third-order valence-electron chi connectivity index (χ3n) is 2.38. The summed E-state index contributed by atoms with van der Waals surface area (Å²) in [6, 6.07) is 6.98.